The van der Waals surface area contributed by atoms with Gasteiger partial charge in [-0.1, -0.05) is 35.1 Å². The first-order valence-corrected chi connectivity index (χ1v) is 10.4. The molecule has 1 unspecified atom stereocenters. The number of thioether (sulfide) groups is 1. The number of rotatable bonds is 6. The summed E-state index contributed by atoms with van der Waals surface area (Å²) >= 11 is 1.41. The number of morpholine rings is 1. The minimum Gasteiger partial charge on any atom is -0.379 e. The van der Waals surface area contributed by atoms with E-state index in [1.807, 2.05) is 31.2 Å². The van der Waals surface area contributed by atoms with Crippen molar-refractivity contribution in [2.24, 2.45) is 0 Å². The average Bonchev–Trinajstić information content (AvgIpc) is 3.13. The van der Waals surface area contributed by atoms with Gasteiger partial charge in [0.2, 0.25) is 11.8 Å². The van der Waals surface area contributed by atoms with Crippen LogP contribution in [0.1, 0.15) is 18.4 Å². The molecule has 0 spiro atoms. The number of ether oxygens (including phenoxy) is 1. The number of aryl methyl sites for hydroxylation is 1. The lowest BCUT2D eigenvalue weighted by molar-refractivity contribution is -0.115. The lowest BCUT2D eigenvalue weighted by atomic mass is 10.2. The Balaban J connectivity index is 1.53. The number of carbonyl (C=O) groups excluding carboxylic acids is 1. The van der Waals surface area contributed by atoms with E-state index in [4.69, 9.17) is 19.2 Å². The minimum atomic E-state index is -0.366. The van der Waals surface area contributed by atoms with Crippen LogP contribution in [0.25, 0.3) is 10.9 Å². The van der Waals surface area contributed by atoms with Gasteiger partial charge >= 0.3 is 0 Å². The van der Waals surface area contributed by atoms with E-state index in [2.05, 4.69) is 15.4 Å². The molecule has 1 aromatic carbocycles. The van der Waals surface area contributed by atoms with Gasteiger partial charge in [0.05, 0.1) is 36.2 Å². The second-order valence-corrected chi connectivity index (χ2v) is 8.26. The number of aromatic nitrogens is 3. The maximum absolute atomic E-state index is 12.6. The van der Waals surface area contributed by atoms with Crippen LogP contribution in [-0.2, 0) is 16.1 Å². The summed E-state index contributed by atoms with van der Waals surface area (Å²) in [4.78, 5) is 24.4. The Labute approximate surface area is 173 Å². The molecule has 29 heavy (non-hydrogen) atoms. The van der Waals surface area contributed by atoms with Crippen LogP contribution in [0.5, 0.6) is 0 Å². The Kier molecular flexibility index (Phi) is 6.08. The highest BCUT2D eigenvalue weighted by molar-refractivity contribution is 8.00. The fourth-order valence-electron chi connectivity index (χ4n) is 3.08. The first-order chi connectivity index (χ1) is 14.1. The van der Waals surface area contributed by atoms with Gasteiger partial charge in [0.1, 0.15) is 10.9 Å². The predicted octanol–water partition coefficient (Wildman–Crippen LogP) is 2.88. The summed E-state index contributed by atoms with van der Waals surface area (Å²) in [7, 11) is 0. The Morgan fingerprint density at radius 3 is 2.83 bits per heavy atom. The van der Waals surface area contributed by atoms with Gasteiger partial charge in [0.15, 0.2) is 0 Å². The quantitative estimate of drug-likeness (QED) is 0.487. The van der Waals surface area contributed by atoms with E-state index in [1.54, 1.807) is 13.0 Å². The van der Waals surface area contributed by atoms with Crippen molar-refractivity contribution in [3.63, 3.8) is 0 Å². The molecule has 152 valence electrons. The van der Waals surface area contributed by atoms with Crippen molar-refractivity contribution in [2.45, 2.75) is 30.7 Å². The zero-order valence-corrected chi connectivity index (χ0v) is 17.2. The normalized spacial score (nSPS) is 16.1. The molecule has 3 aromatic rings. The summed E-state index contributed by atoms with van der Waals surface area (Å²) in [5.74, 6) is 0.940. The van der Waals surface area contributed by atoms with Gasteiger partial charge in [-0.15, -0.1) is 0 Å². The number of nitrogens with zero attached hydrogens (tertiary/aromatic N) is 4. The number of nitrogens with one attached hydrogen (secondary N) is 1. The SMILES string of the molecule is Cc1cc(NC(=O)C(C)Sc2nc(CN3CCOCC3)nc3ccccc23)on1. The maximum Gasteiger partial charge on any atom is 0.240 e. The van der Waals surface area contributed by atoms with Crippen LogP contribution in [-0.4, -0.2) is 57.5 Å². The summed E-state index contributed by atoms with van der Waals surface area (Å²) in [6, 6.07) is 9.58. The van der Waals surface area contributed by atoms with Crippen molar-refractivity contribution in [2.75, 3.05) is 31.6 Å². The zero-order valence-electron chi connectivity index (χ0n) is 16.4. The fourth-order valence-corrected chi connectivity index (χ4v) is 4.04. The molecule has 1 aliphatic rings. The van der Waals surface area contributed by atoms with Crippen LogP contribution in [0.3, 0.4) is 0 Å². The monoisotopic (exact) mass is 413 g/mol. The minimum absolute atomic E-state index is 0.163. The molecule has 8 nitrogen and oxygen atoms in total. The molecule has 0 saturated carbocycles. The van der Waals surface area contributed by atoms with E-state index in [1.165, 1.54) is 11.8 Å². The first kappa shape index (κ1) is 19.8. The molecule has 3 heterocycles. The Morgan fingerprint density at radius 2 is 2.07 bits per heavy atom. The maximum atomic E-state index is 12.6. The van der Waals surface area contributed by atoms with E-state index >= 15 is 0 Å². The van der Waals surface area contributed by atoms with Gasteiger partial charge in [-0.3, -0.25) is 15.0 Å². The van der Waals surface area contributed by atoms with Crippen LogP contribution < -0.4 is 5.32 Å². The second kappa shape index (κ2) is 8.89. The molecule has 0 aliphatic carbocycles. The molecule has 1 fully saturated rings. The predicted molar refractivity (Wildman–Crippen MR) is 111 cm³/mol. The van der Waals surface area contributed by atoms with E-state index < -0.39 is 0 Å². The summed E-state index contributed by atoms with van der Waals surface area (Å²) < 4.78 is 10.5. The van der Waals surface area contributed by atoms with E-state index in [0.29, 0.717) is 12.4 Å². The molecule has 1 saturated heterocycles. The smallest absolute Gasteiger partial charge is 0.240 e. The lowest BCUT2D eigenvalue weighted by Gasteiger charge is -2.26. The zero-order chi connectivity index (χ0) is 20.2. The third-order valence-corrected chi connectivity index (χ3v) is 5.72. The Hall–Kier alpha value is -2.49. The number of benzene rings is 1. The highest BCUT2D eigenvalue weighted by Crippen LogP contribution is 2.29. The molecule has 9 heteroatoms. The lowest BCUT2D eigenvalue weighted by Crippen LogP contribution is -2.36. The van der Waals surface area contributed by atoms with Gasteiger partial charge < -0.3 is 9.26 Å². The van der Waals surface area contributed by atoms with Crippen molar-refractivity contribution in [1.29, 1.82) is 0 Å². The van der Waals surface area contributed by atoms with Gasteiger partial charge in [-0.2, -0.15) is 0 Å². The third-order valence-electron chi connectivity index (χ3n) is 4.62. The van der Waals surface area contributed by atoms with Gasteiger partial charge in [0, 0.05) is 24.5 Å². The molecule has 0 radical (unpaired) electrons. The number of anilines is 1. The molecule has 2 aromatic heterocycles. The van der Waals surface area contributed by atoms with Gasteiger partial charge in [-0.05, 0) is 19.9 Å². The summed E-state index contributed by atoms with van der Waals surface area (Å²) in [6.45, 7) is 7.52. The van der Waals surface area contributed by atoms with Crippen molar-refractivity contribution in [3.8, 4) is 0 Å². The first-order valence-electron chi connectivity index (χ1n) is 9.55. The fraction of sp³-hybridized carbons (Fsp3) is 0.400. The number of carbonyl (C=O) groups is 1. The highest BCUT2D eigenvalue weighted by Gasteiger charge is 2.20. The molecule has 1 amide bonds. The van der Waals surface area contributed by atoms with Gasteiger partial charge in [0.25, 0.3) is 0 Å². The van der Waals surface area contributed by atoms with Crippen molar-refractivity contribution in [1.82, 2.24) is 20.0 Å². The molecule has 1 aliphatic heterocycles. The van der Waals surface area contributed by atoms with Crippen LogP contribution in [0.15, 0.2) is 39.9 Å². The van der Waals surface area contributed by atoms with Crippen LogP contribution in [0.2, 0.25) is 0 Å². The van der Waals surface area contributed by atoms with Gasteiger partial charge in [-0.25, -0.2) is 9.97 Å². The second-order valence-electron chi connectivity index (χ2n) is 6.93. The van der Waals surface area contributed by atoms with E-state index in [0.717, 1.165) is 53.8 Å². The molecular weight excluding hydrogens is 390 g/mol. The average molecular weight is 414 g/mol. The number of amides is 1. The van der Waals surface area contributed by atoms with Crippen LogP contribution in [0.4, 0.5) is 5.88 Å². The largest absolute Gasteiger partial charge is 0.379 e. The Morgan fingerprint density at radius 1 is 1.28 bits per heavy atom. The summed E-state index contributed by atoms with van der Waals surface area (Å²) in [6.07, 6.45) is 0. The summed E-state index contributed by atoms with van der Waals surface area (Å²) in [5, 5.41) is 7.93. The van der Waals surface area contributed by atoms with Crippen molar-refractivity contribution >= 4 is 34.5 Å². The third kappa shape index (κ3) is 4.92. The number of para-hydroxylation sites is 1. The summed E-state index contributed by atoms with van der Waals surface area (Å²) in [5.41, 5.74) is 1.60. The Bertz CT molecular complexity index is 1000. The topological polar surface area (TPSA) is 93.4 Å². The van der Waals surface area contributed by atoms with Crippen molar-refractivity contribution < 1.29 is 14.1 Å². The molecule has 0 bridgehead atoms. The molecule has 1 N–H and O–H groups in total. The standard InChI is InChI=1S/C20H23N5O3S/c1-13-11-18(28-24-13)23-19(26)14(2)29-20-15-5-3-4-6-16(15)21-17(22-20)12-25-7-9-27-10-8-25/h3-6,11,14H,7-10,12H2,1-2H3,(H,23,26). The number of hydrogen-bond donors (Lipinski definition) is 1. The molecular formula is C20H23N5O3S. The van der Waals surface area contributed by atoms with E-state index in [9.17, 15) is 4.79 Å². The van der Waals surface area contributed by atoms with E-state index in [-0.39, 0.29) is 11.2 Å². The molecule has 4 rings (SSSR count). The number of fused-ring (bicyclic) bond motifs is 1. The van der Waals surface area contributed by atoms with Crippen LogP contribution in [0, 0.1) is 6.92 Å². The van der Waals surface area contributed by atoms with Crippen molar-refractivity contribution in [3.05, 3.63) is 41.9 Å². The number of hydrogen-bond acceptors (Lipinski definition) is 8. The van der Waals surface area contributed by atoms with Crippen LogP contribution >= 0.6 is 11.8 Å². The molecule has 1 atom stereocenters. The highest BCUT2D eigenvalue weighted by atomic mass is 32.2.